The maximum absolute atomic E-state index is 5.77. The van der Waals surface area contributed by atoms with E-state index in [-0.39, 0.29) is 6.04 Å². The van der Waals surface area contributed by atoms with Crippen molar-refractivity contribution >= 4 is 5.82 Å². The van der Waals surface area contributed by atoms with Gasteiger partial charge in [-0.05, 0) is 31.4 Å². The van der Waals surface area contributed by atoms with E-state index < -0.39 is 0 Å². The Labute approximate surface area is 103 Å². The molecule has 2 N–H and O–H groups in total. The van der Waals surface area contributed by atoms with Crippen LogP contribution in [0, 0.1) is 0 Å². The fourth-order valence-corrected chi connectivity index (χ4v) is 2.07. The van der Waals surface area contributed by atoms with Gasteiger partial charge in [-0.25, -0.2) is 4.98 Å². The quantitative estimate of drug-likeness (QED) is 0.855. The van der Waals surface area contributed by atoms with Crippen LogP contribution in [0.3, 0.4) is 0 Å². The van der Waals surface area contributed by atoms with Crippen LogP contribution in [0.5, 0.6) is 0 Å². The largest absolute Gasteiger partial charge is 0.380 e. The minimum absolute atomic E-state index is 0.189. The van der Waals surface area contributed by atoms with Crippen molar-refractivity contribution in [3.05, 3.63) is 23.9 Å². The van der Waals surface area contributed by atoms with Crippen LogP contribution in [-0.4, -0.2) is 37.3 Å². The van der Waals surface area contributed by atoms with Gasteiger partial charge < -0.3 is 15.4 Å². The van der Waals surface area contributed by atoms with E-state index in [1.54, 1.807) is 0 Å². The number of aromatic nitrogens is 1. The lowest BCUT2D eigenvalue weighted by atomic mass is 10.1. The lowest BCUT2D eigenvalue weighted by Crippen LogP contribution is -2.26. The van der Waals surface area contributed by atoms with Crippen molar-refractivity contribution < 1.29 is 4.74 Å². The van der Waals surface area contributed by atoms with Gasteiger partial charge in [0.2, 0.25) is 0 Å². The van der Waals surface area contributed by atoms with Crippen LogP contribution >= 0.6 is 0 Å². The zero-order valence-corrected chi connectivity index (χ0v) is 10.4. The van der Waals surface area contributed by atoms with Crippen LogP contribution in [-0.2, 0) is 11.2 Å². The van der Waals surface area contributed by atoms with Crippen LogP contribution in [0.25, 0.3) is 0 Å². The molecule has 0 spiro atoms. The molecule has 17 heavy (non-hydrogen) atoms. The van der Waals surface area contributed by atoms with Crippen molar-refractivity contribution in [3.8, 4) is 0 Å². The highest BCUT2D eigenvalue weighted by atomic mass is 16.5. The second-order valence-corrected chi connectivity index (χ2v) is 4.66. The third kappa shape index (κ3) is 3.68. The first-order valence-electron chi connectivity index (χ1n) is 6.29. The standard InChI is InChI=1S/C13H21N3O/c1-11(14)9-12-3-4-13(15-10-12)16-5-2-7-17-8-6-16/h3-4,10-11H,2,5-9,14H2,1H3. The Hall–Kier alpha value is -1.13. The second-order valence-electron chi connectivity index (χ2n) is 4.66. The van der Waals surface area contributed by atoms with Gasteiger partial charge in [0.15, 0.2) is 0 Å². The Morgan fingerprint density at radius 3 is 3.00 bits per heavy atom. The molecule has 0 saturated carbocycles. The Balaban J connectivity index is 2.00. The highest BCUT2D eigenvalue weighted by Crippen LogP contribution is 2.14. The van der Waals surface area contributed by atoms with Crippen LogP contribution in [0.15, 0.2) is 18.3 Å². The third-order valence-corrected chi connectivity index (χ3v) is 2.91. The van der Waals surface area contributed by atoms with Gasteiger partial charge in [-0.1, -0.05) is 6.07 Å². The molecule has 1 fully saturated rings. The van der Waals surface area contributed by atoms with Crippen LogP contribution < -0.4 is 10.6 Å². The van der Waals surface area contributed by atoms with Gasteiger partial charge in [0.1, 0.15) is 5.82 Å². The number of nitrogens with two attached hydrogens (primary N) is 1. The summed E-state index contributed by atoms with van der Waals surface area (Å²) in [4.78, 5) is 6.79. The van der Waals surface area contributed by atoms with Crippen molar-refractivity contribution in [3.63, 3.8) is 0 Å². The second kappa shape index (κ2) is 5.98. The van der Waals surface area contributed by atoms with Gasteiger partial charge in [0.25, 0.3) is 0 Å². The molecule has 1 aliphatic heterocycles. The smallest absolute Gasteiger partial charge is 0.128 e. The lowest BCUT2D eigenvalue weighted by Gasteiger charge is -2.20. The fourth-order valence-electron chi connectivity index (χ4n) is 2.07. The number of hydrogen-bond donors (Lipinski definition) is 1. The van der Waals surface area contributed by atoms with Crippen LogP contribution in [0.4, 0.5) is 5.82 Å². The van der Waals surface area contributed by atoms with E-state index in [1.165, 1.54) is 5.56 Å². The van der Waals surface area contributed by atoms with E-state index in [0.29, 0.717) is 0 Å². The van der Waals surface area contributed by atoms with Crippen molar-refractivity contribution in [1.82, 2.24) is 4.98 Å². The van der Waals surface area contributed by atoms with Gasteiger partial charge in [-0.15, -0.1) is 0 Å². The van der Waals surface area contributed by atoms with Crippen molar-refractivity contribution in [1.29, 1.82) is 0 Å². The van der Waals surface area contributed by atoms with Crippen molar-refractivity contribution in [2.45, 2.75) is 25.8 Å². The van der Waals surface area contributed by atoms with Gasteiger partial charge in [-0.3, -0.25) is 0 Å². The van der Waals surface area contributed by atoms with Gasteiger partial charge in [-0.2, -0.15) is 0 Å². The van der Waals surface area contributed by atoms with E-state index in [9.17, 15) is 0 Å². The molecule has 1 saturated heterocycles. The SMILES string of the molecule is CC(N)Cc1ccc(N2CCCOCC2)nc1. The molecular formula is C13H21N3O. The molecule has 0 aliphatic carbocycles. The first-order chi connectivity index (χ1) is 8.25. The Morgan fingerprint density at radius 1 is 1.41 bits per heavy atom. The van der Waals surface area contributed by atoms with Gasteiger partial charge in [0, 0.05) is 31.9 Å². The predicted octanol–water partition coefficient (Wildman–Crippen LogP) is 1.20. The van der Waals surface area contributed by atoms with Crippen molar-refractivity contribution in [2.24, 2.45) is 5.73 Å². The molecular weight excluding hydrogens is 214 g/mol. The first kappa shape index (κ1) is 12.3. The number of ether oxygens (including phenoxy) is 1. The molecule has 2 rings (SSSR count). The van der Waals surface area contributed by atoms with E-state index in [4.69, 9.17) is 10.5 Å². The normalized spacial score (nSPS) is 18.8. The minimum Gasteiger partial charge on any atom is -0.380 e. The lowest BCUT2D eigenvalue weighted by molar-refractivity contribution is 0.152. The summed E-state index contributed by atoms with van der Waals surface area (Å²) in [6, 6.07) is 4.40. The number of pyridine rings is 1. The monoisotopic (exact) mass is 235 g/mol. The molecule has 1 aliphatic rings. The Bertz CT molecular complexity index is 329. The van der Waals surface area contributed by atoms with Crippen molar-refractivity contribution in [2.75, 3.05) is 31.2 Å². The summed E-state index contributed by atoms with van der Waals surface area (Å²) in [6.07, 6.45) is 3.89. The number of rotatable bonds is 3. The number of nitrogens with zero attached hydrogens (tertiary/aromatic N) is 2. The zero-order valence-electron chi connectivity index (χ0n) is 10.4. The molecule has 0 amide bonds. The fraction of sp³-hybridized carbons (Fsp3) is 0.615. The molecule has 1 atom stereocenters. The molecule has 0 bridgehead atoms. The molecule has 4 nitrogen and oxygen atoms in total. The molecule has 1 aromatic rings. The van der Waals surface area contributed by atoms with E-state index in [2.05, 4.69) is 22.0 Å². The minimum atomic E-state index is 0.189. The summed E-state index contributed by atoms with van der Waals surface area (Å²) in [6.45, 7) is 5.63. The summed E-state index contributed by atoms with van der Waals surface area (Å²) < 4.78 is 5.44. The summed E-state index contributed by atoms with van der Waals surface area (Å²) in [5.41, 5.74) is 6.97. The molecule has 4 heteroatoms. The van der Waals surface area contributed by atoms with Crippen LogP contribution in [0.1, 0.15) is 18.9 Å². The molecule has 94 valence electrons. The topological polar surface area (TPSA) is 51.4 Å². The molecule has 1 unspecified atom stereocenters. The van der Waals surface area contributed by atoms with E-state index in [0.717, 1.165) is 45.0 Å². The summed E-state index contributed by atoms with van der Waals surface area (Å²) in [7, 11) is 0. The van der Waals surface area contributed by atoms with Gasteiger partial charge in [0.05, 0.1) is 6.61 Å². The number of anilines is 1. The Kier molecular flexibility index (Phi) is 4.34. The summed E-state index contributed by atoms with van der Waals surface area (Å²) in [5, 5.41) is 0. The average molecular weight is 235 g/mol. The highest BCUT2D eigenvalue weighted by Gasteiger charge is 2.10. The molecule has 1 aromatic heterocycles. The molecule has 0 aromatic carbocycles. The first-order valence-corrected chi connectivity index (χ1v) is 6.29. The average Bonchev–Trinajstić information content (AvgIpc) is 2.58. The summed E-state index contributed by atoms with van der Waals surface area (Å²) >= 11 is 0. The summed E-state index contributed by atoms with van der Waals surface area (Å²) in [5.74, 6) is 1.05. The van der Waals surface area contributed by atoms with E-state index >= 15 is 0 Å². The maximum atomic E-state index is 5.77. The predicted molar refractivity (Wildman–Crippen MR) is 69.2 cm³/mol. The molecule has 0 radical (unpaired) electrons. The van der Waals surface area contributed by atoms with Gasteiger partial charge >= 0.3 is 0 Å². The third-order valence-electron chi connectivity index (χ3n) is 2.91. The molecule has 2 heterocycles. The zero-order chi connectivity index (χ0) is 12.1. The Morgan fingerprint density at radius 2 is 2.29 bits per heavy atom. The van der Waals surface area contributed by atoms with E-state index in [1.807, 2.05) is 13.1 Å². The van der Waals surface area contributed by atoms with Crippen LogP contribution in [0.2, 0.25) is 0 Å². The maximum Gasteiger partial charge on any atom is 0.128 e. The highest BCUT2D eigenvalue weighted by molar-refractivity contribution is 5.39. The number of hydrogen-bond acceptors (Lipinski definition) is 4.